The summed E-state index contributed by atoms with van der Waals surface area (Å²) in [5.41, 5.74) is 9.31. The molecule has 0 radical (unpaired) electrons. The van der Waals surface area contributed by atoms with Crippen molar-refractivity contribution in [2.75, 3.05) is 33.7 Å². The maximum absolute atomic E-state index is 6.62. The highest BCUT2D eigenvalue weighted by Crippen LogP contribution is 2.22. The topological polar surface area (TPSA) is 32.5 Å². The number of hydrogen-bond acceptors (Lipinski definition) is 3. The van der Waals surface area contributed by atoms with Crippen molar-refractivity contribution in [1.29, 1.82) is 0 Å². The zero-order chi connectivity index (χ0) is 15.4. The molecule has 2 atom stereocenters. The van der Waals surface area contributed by atoms with E-state index in [1.54, 1.807) is 0 Å². The predicted octanol–water partition coefficient (Wildman–Crippen LogP) is 2.52. The molecule has 1 aliphatic heterocycles. The van der Waals surface area contributed by atoms with E-state index in [1.807, 2.05) is 0 Å². The van der Waals surface area contributed by atoms with E-state index in [2.05, 4.69) is 62.0 Å². The van der Waals surface area contributed by atoms with Crippen LogP contribution in [0.15, 0.2) is 24.3 Å². The quantitative estimate of drug-likeness (QED) is 0.924. The van der Waals surface area contributed by atoms with Gasteiger partial charge in [-0.1, -0.05) is 38.1 Å². The molecule has 2 N–H and O–H groups in total. The lowest BCUT2D eigenvalue weighted by atomic mass is 9.94. The number of likely N-dealkylation sites (N-methyl/N-ethyl adjacent to an activating group) is 2. The van der Waals surface area contributed by atoms with Gasteiger partial charge in [0.05, 0.1) is 0 Å². The molecule has 0 bridgehead atoms. The Morgan fingerprint density at radius 2 is 2.00 bits per heavy atom. The maximum atomic E-state index is 6.62. The van der Waals surface area contributed by atoms with Gasteiger partial charge in [0.25, 0.3) is 0 Å². The lowest BCUT2D eigenvalue weighted by Gasteiger charge is -2.32. The molecule has 0 amide bonds. The Kier molecular flexibility index (Phi) is 5.80. The summed E-state index contributed by atoms with van der Waals surface area (Å²) in [4.78, 5) is 4.84. The Morgan fingerprint density at radius 3 is 2.71 bits per heavy atom. The van der Waals surface area contributed by atoms with Gasteiger partial charge in [0.1, 0.15) is 0 Å². The van der Waals surface area contributed by atoms with Crippen LogP contribution in [0, 0.1) is 5.92 Å². The van der Waals surface area contributed by atoms with Crippen LogP contribution in [-0.2, 0) is 6.42 Å². The van der Waals surface area contributed by atoms with Gasteiger partial charge in [0.2, 0.25) is 0 Å². The van der Waals surface area contributed by atoms with Crippen molar-refractivity contribution in [3.8, 4) is 0 Å². The van der Waals surface area contributed by atoms with E-state index >= 15 is 0 Å². The molecule has 1 aromatic carbocycles. The van der Waals surface area contributed by atoms with Gasteiger partial charge in [-0.25, -0.2) is 0 Å². The number of nitrogens with zero attached hydrogens (tertiary/aromatic N) is 2. The van der Waals surface area contributed by atoms with Crippen LogP contribution >= 0.6 is 0 Å². The minimum Gasteiger partial charge on any atom is -0.323 e. The largest absolute Gasteiger partial charge is 0.323 e. The Morgan fingerprint density at radius 1 is 1.24 bits per heavy atom. The Bertz CT molecular complexity index is 444. The number of rotatable bonds is 4. The molecular weight excluding hydrogens is 258 g/mol. The molecule has 1 aromatic rings. The smallest absolute Gasteiger partial charge is 0.0465 e. The first-order valence-electron chi connectivity index (χ1n) is 8.20. The lowest BCUT2D eigenvalue weighted by molar-refractivity contribution is 0.196. The number of hydrogen-bond donors (Lipinski definition) is 1. The summed E-state index contributed by atoms with van der Waals surface area (Å²) in [7, 11) is 4.41. The fourth-order valence-corrected chi connectivity index (χ4v) is 3.31. The van der Waals surface area contributed by atoms with Crippen molar-refractivity contribution in [2.45, 2.75) is 38.8 Å². The second-order valence-corrected chi connectivity index (χ2v) is 7.03. The third-order valence-electron chi connectivity index (χ3n) is 4.51. The van der Waals surface area contributed by atoms with Crippen LogP contribution in [0.25, 0.3) is 0 Å². The van der Waals surface area contributed by atoms with E-state index in [1.165, 1.54) is 24.1 Å². The zero-order valence-electron chi connectivity index (χ0n) is 14.0. The molecule has 0 aliphatic carbocycles. The van der Waals surface area contributed by atoms with Crippen LogP contribution in [-0.4, -0.2) is 49.6 Å². The molecule has 1 saturated heterocycles. The van der Waals surface area contributed by atoms with Crippen molar-refractivity contribution in [2.24, 2.45) is 11.7 Å². The SMILES string of the molecule is CC(C)Cc1cccc(C(N)C2CN(C)CCCN2C)c1. The molecule has 0 spiro atoms. The molecule has 1 aliphatic rings. The predicted molar refractivity (Wildman–Crippen MR) is 90.4 cm³/mol. The first-order chi connectivity index (χ1) is 9.97. The van der Waals surface area contributed by atoms with E-state index in [0.717, 1.165) is 19.5 Å². The Balaban J connectivity index is 2.15. The van der Waals surface area contributed by atoms with E-state index in [9.17, 15) is 0 Å². The first kappa shape index (κ1) is 16.5. The Hall–Kier alpha value is -0.900. The first-order valence-corrected chi connectivity index (χ1v) is 8.20. The molecule has 1 fully saturated rings. The monoisotopic (exact) mass is 289 g/mol. The van der Waals surface area contributed by atoms with Gasteiger partial charge in [-0.3, -0.25) is 0 Å². The third-order valence-corrected chi connectivity index (χ3v) is 4.51. The van der Waals surface area contributed by atoms with Crippen molar-refractivity contribution in [3.63, 3.8) is 0 Å². The van der Waals surface area contributed by atoms with Crippen LogP contribution in [0.1, 0.15) is 37.4 Å². The van der Waals surface area contributed by atoms with Gasteiger partial charge in [-0.15, -0.1) is 0 Å². The van der Waals surface area contributed by atoms with Gasteiger partial charge >= 0.3 is 0 Å². The molecule has 2 unspecified atom stereocenters. The highest BCUT2D eigenvalue weighted by molar-refractivity contribution is 5.27. The minimum absolute atomic E-state index is 0.0858. The van der Waals surface area contributed by atoms with Gasteiger partial charge in [-0.2, -0.15) is 0 Å². The van der Waals surface area contributed by atoms with Crippen molar-refractivity contribution in [3.05, 3.63) is 35.4 Å². The second-order valence-electron chi connectivity index (χ2n) is 7.03. The molecule has 3 heteroatoms. The van der Waals surface area contributed by atoms with E-state index in [0.29, 0.717) is 12.0 Å². The van der Waals surface area contributed by atoms with Crippen LogP contribution in [0.5, 0.6) is 0 Å². The zero-order valence-corrected chi connectivity index (χ0v) is 14.0. The lowest BCUT2D eigenvalue weighted by Crippen LogP contribution is -2.45. The van der Waals surface area contributed by atoms with E-state index < -0.39 is 0 Å². The molecule has 3 nitrogen and oxygen atoms in total. The fraction of sp³-hybridized carbons (Fsp3) is 0.667. The fourth-order valence-electron chi connectivity index (χ4n) is 3.31. The van der Waals surface area contributed by atoms with Crippen LogP contribution < -0.4 is 5.73 Å². The average Bonchev–Trinajstić information content (AvgIpc) is 2.59. The van der Waals surface area contributed by atoms with Gasteiger partial charge in [0.15, 0.2) is 0 Å². The minimum atomic E-state index is 0.0858. The molecule has 2 rings (SSSR count). The van der Waals surface area contributed by atoms with Crippen molar-refractivity contribution < 1.29 is 0 Å². The molecule has 21 heavy (non-hydrogen) atoms. The molecule has 1 heterocycles. The average molecular weight is 289 g/mol. The standard InChI is InChI=1S/C18H31N3/c1-14(2)11-15-7-5-8-16(12-15)18(19)17-13-20(3)9-6-10-21(17)4/h5,7-8,12,14,17-18H,6,9-11,13,19H2,1-4H3. The number of benzene rings is 1. The van der Waals surface area contributed by atoms with Crippen molar-refractivity contribution >= 4 is 0 Å². The van der Waals surface area contributed by atoms with Gasteiger partial charge in [-0.05, 0) is 57.1 Å². The molecular formula is C18H31N3. The summed E-state index contributed by atoms with van der Waals surface area (Å²) in [6.45, 7) is 7.88. The summed E-state index contributed by atoms with van der Waals surface area (Å²) in [5, 5.41) is 0. The Labute approximate surface area is 130 Å². The van der Waals surface area contributed by atoms with E-state index in [4.69, 9.17) is 5.73 Å². The second kappa shape index (κ2) is 7.39. The number of nitrogens with two attached hydrogens (primary N) is 1. The maximum Gasteiger partial charge on any atom is 0.0465 e. The summed E-state index contributed by atoms with van der Waals surface area (Å²) >= 11 is 0. The third kappa shape index (κ3) is 4.53. The summed E-state index contributed by atoms with van der Waals surface area (Å²) in [5.74, 6) is 0.683. The van der Waals surface area contributed by atoms with Crippen LogP contribution in [0.3, 0.4) is 0 Å². The highest BCUT2D eigenvalue weighted by atomic mass is 15.2. The molecule has 0 saturated carbocycles. The summed E-state index contributed by atoms with van der Waals surface area (Å²) in [6.07, 6.45) is 2.35. The highest BCUT2D eigenvalue weighted by Gasteiger charge is 2.27. The summed E-state index contributed by atoms with van der Waals surface area (Å²) in [6, 6.07) is 9.36. The van der Waals surface area contributed by atoms with Crippen molar-refractivity contribution in [1.82, 2.24) is 9.80 Å². The van der Waals surface area contributed by atoms with Crippen LogP contribution in [0.2, 0.25) is 0 Å². The van der Waals surface area contributed by atoms with Crippen LogP contribution in [0.4, 0.5) is 0 Å². The van der Waals surface area contributed by atoms with Gasteiger partial charge in [0, 0.05) is 18.6 Å². The molecule has 118 valence electrons. The van der Waals surface area contributed by atoms with Gasteiger partial charge < -0.3 is 15.5 Å². The molecule has 0 aromatic heterocycles. The van der Waals surface area contributed by atoms with E-state index in [-0.39, 0.29) is 6.04 Å². The normalized spacial score (nSPS) is 23.2. The summed E-state index contributed by atoms with van der Waals surface area (Å²) < 4.78 is 0.